The number of alkyl halides is 3. The third kappa shape index (κ3) is 5.31. The zero-order chi connectivity index (χ0) is 22.8. The van der Waals surface area contributed by atoms with Crippen molar-refractivity contribution in [2.75, 3.05) is 11.1 Å². The van der Waals surface area contributed by atoms with Crippen LogP contribution in [0.1, 0.15) is 16.0 Å². The van der Waals surface area contributed by atoms with Gasteiger partial charge < -0.3 is 5.32 Å². The van der Waals surface area contributed by atoms with E-state index >= 15 is 0 Å². The molecule has 1 amide bonds. The highest BCUT2D eigenvalue weighted by molar-refractivity contribution is 7.99. The van der Waals surface area contributed by atoms with E-state index in [0.29, 0.717) is 17.5 Å². The minimum Gasteiger partial charge on any atom is -0.324 e. The zero-order valence-electron chi connectivity index (χ0n) is 16.6. The van der Waals surface area contributed by atoms with E-state index in [9.17, 15) is 18.0 Å². The molecule has 0 saturated carbocycles. The third-order valence-corrected chi connectivity index (χ3v) is 6.76. The molecule has 0 aliphatic rings. The number of anilines is 1. The molecule has 11 heteroatoms. The van der Waals surface area contributed by atoms with Crippen molar-refractivity contribution in [3.05, 3.63) is 57.3 Å². The van der Waals surface area contributed by atoms with E-state index in [-0.39, 0.29) is 16.5 Å². The number of benzene rings is 1. The number of allylic oxidation sites excluding steroid dienone is 1. The largest absolute Gasteiger partial charge is 0.416 e. The van der Waals surface area contributed by atoms with Gasteiger partial charge in [-0.1, -0.05) is 29.4 Å². The number of amides is 1. The second kappa shape index (κ2) is 9.46. The summed E-state index contributed by atoms with van der Waals surface area (Å²) in [6.07, 6.45) is -2.83. The Balaban J connectivity index is 1.75. The highest BCUT2D eigenvalue weighted by Gasteiger charge is 2.31. The van der Waals surface area contributed by atoms with Gasteiger partial charge in [-0.05, 0) is 37.6 Å². The molecule has 2 aromatic heterocycles. The fourth-order valence-electron chi connectivity index (χ4n) is 2.74. The minimum absolute atomic E-state index is 0.0202. The number of nitrogens with zero attached hydrogens (tertiary/aromatic N) is 3. The lowest BCUT2D eigenvalue weighted by Gasteiger charge is -2.12. The van der Waals surface area contributed by atoms with Crippen LogP contribution in [0.15, 0.2) is 41.4 Å². The van der Waals surface area contributed by atoms with Gasteiger partial charge in [-0.2, -0.15) is 13.2 Å². The van der Waals surface area contributed by atoms with Crippen LogP contribution in [0.3, 0.4) is 0 Å². The Morgan fingerprint density at radius 2 is 2.10 bits per heavy atom. The SMILES string of the molecule is C=CCn1c(SCC(=O)Nc2cc(C(F)(F)F)ccc2Cl)nnc1-c1csc(C)c1C. The van der Waals surface area contributed by atoms with Crippen LogP contribution in [0.2, 0.25) is 5.02 Å². The number of aryl methyl sites for hydroxylation is 1. The van der Waals surface area contributed by atoms with Crippen LogP contribution in [-0.4, -0.2) is 26.4 Å². The zero-order valence-corrected chi connectivity index (χ0v) is 19.0. The summed E-state index contributed by atoms with van der Waals surface area (Å²) < 4.78 is 40.6. The van der Waals surface area contributed by atoms with Crippen LogP contribution in [0.5, 0.6) is 0 Å². The first kappa shape index (κ1) is 23.4. The number of hydrogen-bond acceptors (Lipinski definition) is 5. The first-order chi connectivity index (χ1) is 14.6. The predicted molar refractivity (Wildman–Crippen MR) is 119 cm³/mol. The van der Waals surface area contributed by atoms with E-state index < -0.39 is 17.6 Å². The van der Waals surface area contributed by atoms with Crippen LogP contribution in [-0.2, 0) is 17.5 Å². The number of carbonyl (C=O) groups excluding carboxylic acids is 1. The summed E-state index contributed by atoms with van der Waals surface area (Å²) in [4.78, 5) is 13.5. The molecule has 0 spiro atoms. The maximum Gasteiger partial charge on any atom is 0.416 e. The van der Waals surface area contributed by atoms with E-state index in [1.807, 2.05) is 23.8 Å². The van der Waals surface area contributed by atoms with Gasteiger partial charge in [0.15, 0.2) is 11.0 Å². The van der Waals surface area contributed by atoms with Crippen LogP contribution in [0, 0.1) is 13.8 Å². The minimum atomic E-state index is -4.53. The Labute approximate surface area is 190 Å². The monoisotopic (exact) mass is 486 g/mol. The molecule has 5 nitrogen and oxygen atoms in total. The second-order valence-electron chi connectivity index (χ2n) is 6.57. The number of hydrogen-bond donors (Lipinski definition) is 1. The third-order valence-electron chi connectivity index (χ3n) is 4.46. The van der Waals surface area contributed by atoms with Crippen LogP contribution in [0.25, 0.3) is 11.4 Å². The van der Waals surface area contributed by atoms with Crippen LogP contribution in [0.4, 0.5) is 18.9 Å². The molecule has 0 aliphatic carbocycles. The Morgan fingerprint density at radius 1 is 1.35 bits per heavy atom. The molecule has 0 radical (unpaired) electrons. The molecule has 164 valence electrons. The van der Waals surface area contributed by atoms with E-state index in [1.165, 1.54) is 4.88 Å². The lowest BCUT2D eigenvalue weighted by molar-refractivity contribution is -0.137. The lowest BCUT2D eigenvalue weighted by Crippen LogP contribution is -2.16. The Morgan fingerprint density at radius 3 is 2.71 bits per heavy atom. The molecule has 2 heterocycles. The maximum absolute atomic E-state index is 12.9. The summed E-state index contributed by atoms with van der Waals surface area (Å²) in [6, 6.07) is 2.77. The van der Waals surface area contributed by atoms with Crippen molar-refractivity contribution in [3.8, 4) is 11.4 Å². The van der Waals surface area contributed by atoms with Crippen molar-refractivity contribution in [2.24, 2.45) is 0 Å². The first-order valence-corrected chi connectivity index (χ1v) is 11.2. The lowest BCUT2D eigenvalue weighted by atomic mass is 10.1. The second-order valence-corrected chi connectivity index (χ2v) is 9.00. The Bertz CT molecular complexity index is 1120. The fourth-order valence-corrected chi connectivity index (χ4v) is 4.51. The van der Waals surface area contributed by atoms with Gasteiger partial charge in [0.2, 0.25) is 5.91 Å². The van der Waals surface area contributed by atoms with Gasteiger partial charge in [-0.15, -0.1) is 28.1 Å². The highest BCUT2D eigenvalue weighted by Crippen LogP contribution is 2.34. The fraction of sp³-hybridized carbons (Fsp3) is 0.250. The van der Waals surface area contributed by atoms with E-state index in [2.05, 4.69) is 22.1 Å². The molecule has 3 rings (SSSR count). The average Bonchev–Trinajstić information content (AvgIpc) is 3.24. The van der Waals surface area contributed by atoms with E-state index in [1.54, 1.807) is 17.4 Å². The van der Waals surface area contributed by atoms with Gasteiger partial charge in [0.05, 0.1) is 22.0 Å². The highest BCUT2D eigenvalue weighted by atomic mass is 35.5. The summed E-state index contributed by atoms with van der Waals surface area (Å²) >= 11 is 8.68. The first-order valence-electron chi connectivity index (χ1n) is 9.00. The quantitative estimate of drug-likeness (QED) is 0.318. The van der Waals surface area contributed by atoms with Crippen molar-refractivity contribution >= 4 is 46.3 Å². The molecule has 0 fully saturated rings. The molecular weight excluding hydrogens is 469 g/mol. The number of halogens is 4. The number of thiophene rings is 1. The molecule has 0 atom stereocenters. The van der Waals surface area contributed by atoms with E-state index in [0.717, 1.165) is 41.1 Å². The molecule has 31 heavy (non-hydrogen) atoms. The maximum atomic E-state index is 12.9. The predicted octanol–water partition coefficient (Wildman–Crippen LogP) is 6.21. The van der Waals surface area contributed by atoms with Gasteiger partial charge in [-0.3, -0.25) is 9.36 Å². The van der Waals surface area contributed by atoms with Gasteiger partial charge in [0.1, 0.15) is 0 Å². The topological polar surface area (TPSA) is 59.8 Å². The Kier molecular flexibility index (Phi) is 7.13. The Hall–Kier alpha value is -2.30. The molecule has 1 aromatic carbocycles. The molecular formula is C20H18ClF3N4OS2. The molecule has 0 unspecified atom stereocenters. The van der Waals surface area contributed by atoms with Crippen LogP contribution >= 0.6 is 34.7 Å². The van der Waals surface area contributed by atoms with Gasteiger partial charge in [0, 0.05) is 22.4 Å². The van der Waals surface area contributed by atoms with Gasteiger partial charge in [-0.25, -0.2) is 0 Å². The standard InChI is InChI=1S/C20H18ClF3N4OS2/c1-4-7-28-18(14-9-30-12(3)11(14)2)26-27-19(28)31-10-17(29)25-16-8-13(20(22,23)24)5-6-15(16)21/h4-6,8-9H,1,7,10H2,2-3H3,(H,25,29). The van der Waals surface area contributed by atoms with Crippen molar-refractivity contribution in [1.29, 1.82) is 0 Å². The number of thioether (sulfide) groups is 1. The number of rotatable bonds is 7. The van der Waals surface area contributed by atoms with Crippen molar-refractivity contribution in [3.63, 3.8) is 0 Å². The summed E-state index contributed by atoms with van der Waals surface area (Å²) in [6.45, 7) is 8.24. The molecule has 0 bridgehead atoms. The van der Waals surface area contributed by atoms with Gasteiger partial charge >= 0.3 is 6.18 Å². The molecule has 3 aromatic rings. The normalized spacial score (nSPS) is 11.5. The van der Waals surface area contributed by atoms with Crippen molar-refractivity contribution in [2.45, 2.75) is 31.7 Å². The molecule has 0 aliphatic heterocycles. The number of aromatic nitrogens is 3. The molecule has 1 N–H and O–H groups in total. The van der Waals surface area contributed by atoms with Crippen molar-refractivity contribution < 1.29 is 18.0 Å². The number of nitrogens with one attached hydrogen (secondary N) is 1. The average molecular weight is 487 g/mol. The summed E-state index contributed by atoms with van der Waals surface area (Å²) in [5.41, 5.74) is 1.08. The number of carbonyl (C=O) groups is 1. The summed E-state index contributed by atoms with van der Waals surface area (Å²) in [5, 5.41) is 13.4. The van der Waals surface area contributed by atoms with Gasteiger partial charge in [0.25, 0.3) is 0 Å². The molecule has 0 saturated heterocycles. The van der Waals surface area contributed by atoms with E-state index in [4.69, 9.17) is 11.6 Å². The van der Waals surface area contributed by atoms with Crippen LogP contribution < -0.4 is 5.32 Å². The van der Waals surface area contributed by atoms with Crippen molar-refractivity contribution in [1.82, 2.24) is 14.8 Å². The smallest absolute Gasteiger partial charge is 0.324 e. The summed E-state index contributed by atoms with van der Waals surface area (Å²) in [5.74, 6) is 0.0813. The summed E-state index contributed by atoms with van der Waals surface area (Å²) in [7, 11) is 0.